The van der Waals surface area contributed by atoms with Crippen LogP contribution in [-0.4, -0.2) is 5.75 Å². The van der Waals surface area contributed by atoms with Crippen molar-refractivity contribution in [1.29, 1.82) is 0 Å². The van der Waals surface area contributed by atoms with Crippen LogP contribution < -0.4 is 0 Å². The first-order valence-corrected chi connectivity index (χ1v) is 6.30. The second kappa shape index (κ2) is 4.68. The number of halogens is 2. The molecule has 0 unspecified atom stereocenters. The Bertz CT molecular complexity index is 261. The molecule has 1 aromatic rings. The van der Waals surface area contributed by atoms with Gasteiger partial charge in [0.2, 0.25) is 0 Å². The molecule has 3 heteroatoms. The molecule has 0 saturated carbocycles. The fourth-order valence-electron chi connectivity index (χ4n) is 0.872. The van der Waals surface area contributed by atoms with Crippen molar-refractivity contribution in [3.63, 3.8) is 0 Å². The van der Waals surface area contributed by atoms with Crippen molar-refractivity contribution >= 4 is 43.6 Å². The van der Waals surface area contributed by atoms with Crippen LogP contribution in [0.1, 0.15) is 12.5 Å². The van der Waals surface area contributed by atoms with Crippen LogP contribution in [-0.2, 0) is 0 Å². The van der Waals surface area contributed by atoms with Gasteiger partial charge in [-0.25, -0.2) is 0 Å². The Morgan fingerprint density at radius 3 is 2.17 bits per heavy atom. The number of hydrogen-bond donors (Lipinski definition) is 0. The van der Waals surface area contributed by atoms with E-state index in [1.54, 1.807) is 0 Å². The van der Waals surface area contributed by atoms with Crippen LogP contribution in [0.4, 0.5) is 0 Å². The van der Waals surface area contributed by atoms with Gasteiger partial charge in [0.05, 0.1) is 0 Å². The third kappa shape index (κ3) is 2.51. The predicted molar refractivity (Wildman–Crippen MR) is 63.0 cm³/mol. The molecule has 0 aromatic heterocycles. The topological polar surface area (TPSA) is 0 Å². The van der Waals surface area contributed by atoms with Crippen LogP contribution in [0.3, 0.4) is 0 Å². The third-order valence-electron chi connectivity index (χ3n) is 1.57. The molecule has 0 aliphatic rings. The lowest BCUT2D eigenvalue weighted by atomic mass is 10.2. The van der Waals surface area contributed by atoms with Crippen LogP contribution in [0.2, 0.25) is 0 Å². The zero-order chi connectivity index (χ0) is 9.14. The molecule has 0 atom stereocenters. The molecule has 1 aromatic carbocycles. The predicted octanol–water partition coefficient (Wildman–Crippen LogP) is 4.63. The summed E-state index contributed by atoms with van der Waals surface area (Å²) in [5.41, 5.74) is 1.26. The van der Waals surface area contributed by atoms with Gasteiger partial charge in [-0.15, -0.1) is 11.8 Å². The summed E-state index contributed by atoms with van der Waals surface area (Å²) in [5, 5.41) is 0. The average molecular weight is 310 g/mol. The van der Waals surface area contributed by atoms with Gasteiger partial charge < -0.3 is 0 Å². The highest BCUT2D eigenvalue weighted by molar-refractivity contribution is 9.11. The zero-order valence-corrected chi connectivity index (χ0v) is 11.0. The number of thioether (sulfide) groups is 1. The molecular formula is C9H10Br2S. The highest BCUT2D eigenvalue weighted by atomic mass is 79.9. The first kappa shape index (κ1) is 10.6. The van der Waals surface area contributed by atoms with Crippen molar-refractivity contribution < 1.29 is 0 Å². The van der Waals surface area contributed by atoms with E-state index in [0.29, 0.717) is 0 Å². The summed E-state index contributed by atoms with van der Waals surface area (Å²) < 4.78 is 2.35. The van der Waals surface area contributed by atoms with E-state index in [-0.39, 0.29) is 0 Å². The average Bonchev–Trinajstić information content (AvgIpc) is 2.01. The van der Waals surface area contributed by atoms with Crippen LogP contribution in [0.25, 0.3) is 0 Å². The SMILES string of the molecule is CCSc1cc(Br)c(C)c(Br)c1. The van der Waals surface area contributed by atoms with Gasteiger partial charge in [-0.05, 0) is 30.4 Å². The molecule has 0 spiro atoms. The molecule has 0 bridgehead atoms. The summed E-state index contributed by atoms with van der Waals surface area (Å²) >= 11 is 8.90. The smallest absolute Gasteiger partial charge is 0.0226 e. The first-order chi connectivity index (χ1) is 5.65. The molecule has 0 N–H and O–H groups in total. The van der Waals surface area contributed by atoms with E-state index in [1.807, 2.05) is 11.8 Å². The van der Waals surface area contributed by atoms with Crippen LogP contribution in [0.15, 0.2) is 26.0 Å². The van der Waals surface area contributed by atoms with E-state index >= 15 is 0 Å². The quantitative estimate of drug-likeness (QED) is 0.718. The fraction of sp³-hybridized carbons (Fsp3) is 0.333. The maximum atomic E-state index is 3.52. The Balaban J connectivity index is 3.04. The molecule has 0 aliphatic heterocycles. The maximum absolute atomic E-state index is 3.52. The Kier molecular flexibility index (Phi) is 4.14. The molecule has 66 valence electrons. The van der Waals surface area contributed by atoms with Gasteiger partial charge in [0.15, 0.2) is 0 Å². The minimum absolute atomic E-state index is 1.11. The standard InChI is InChI=1S/C9H10Br2S/c1-3-12-7-4-8(10)6(2)9(11)5-7/h4-5H,3H2,1-2H3. The van der Waals surface area contributed by atoms with Gasteiger partial charge in [0.1, 0.15) is 0 Å². The second-order valence-corrected chi connectivity index (χ2v) is 5.49. The highest BCUT2D eigenvalue weighted by Gasteiger charge is 2.02. The molecular weight excluding hydrogens is 300 g/mol. The Morgan fingerprint density at radius 2 is 1.75 bits per heavy atom. The minimum atomic E-state index is 1.11. The second-order valence-electron chi connectivity index (χ2n) is 2.44. The summed E-state index contributed by atoms with van der Waals surface area (Å²) in [5.74, 6) is 1.11. The van der Waals surface area contributed by atoms with E-state index in [0.717, 1.165) is 5.75 Å². The molecule has 0 fully saturated rings. The third-order valence-corrected chi connectivity index (χ3v) is 4.07. The molecule has 0 nitrogen and oxygen atoms in total. The van der Waals surface area contributed by atoms with E-state index in [9.17, 15) is 0 Å². The molecule has 0 heterocycles. The van der Waals surface area contributed by atoms with Crippen molar-refractivity contribution in [2.45, 2.75) is 18.7 Å². The number of benzene rings is 1. The van der Waals surface area contributed by atoms with Crippen LogP contribution >= 0.6 is 43.6 Å². The minimum Gasteiger partial charge on any atom is -0.126 e. The summed E-state index contributed by atoms with van der Waals surface area (Å²) in [6.45, 7) is 4.25. The Morgan fingerprint density at radius 1 is 1.25 bits per heavy atom. The largest absolute Gasteiger partial charge is 0.126 e. The van der Waals surface area contributed by atoms with Crippen LogP contribution in [0.5, 0.6) is 0 Å². The monoisotopic (exact) mass is 308 g/mol. The maximum Gasteiger partial charge on any atom is 0.0226 e. The Labute approximate surface area is 94.4 Å². The molecule has 12 heavy (non-hydrogen) atoms. The van der Waals surface area contributed by atoms with Crippen molar-refractivity contribution in [3.05, 3.63) is 26.6 Å². The zero-order valence-electron chi connectivity index (χ0n) is 7.03. The molecule has 0 saturated heterocycles. The van der Waals surface area contributed by atoms with Gasteiger partial charge in [-0.2, -0.15) is 0 Å². The summed E-state index contributed by atoms with van der Waals surface area (Å²) in [4.78, 5) is 1.31. The van der Waals surface area contributed by atoms with Crippen LogP contribution in [0, 0.1) is 6.92 Å². The van der Waals surface area contributed by atoms with Crippen molar-refractivity contribution in [3.8, 4) is 0 Å². The molecule has 0 radical (unpaired) electrons. The van der Waals surface area contributed by atoms with Crippen molar-refractivity contribution in [1.82, 2.24) is 0 Å². The first-order valence-electron chi connectivity index (χ1n) is 3.73. The number of rotatable bonds is 2. The van der Waals surface area contributed by atoms with Gasteiger partial charge in [-0.1, -0.05) is 38.8 Å². The molecule has 0 aliphatic carbocycles. The van der Waals surface area contributed by atoms with E-state index < -0.39 is 0 Å². The lowest BCUT2D eigenvalue weighted by molar-refractivity contribution is 1.31. The normalized spacial score (nSPS) is 10.3. The highest BCUT2D eigenvalue weighted by Crippen LogP contribution is 2.30. The van der Waals surface area contributed by atoms with E-state index in [2.05, 4.69) is 57.8 Å². The number of hydrogen-bond acceptors (Lipinski definition) is 1. The lowest BCUT2D eigenvalue weighted by Crippen LogP contribution is -1.81. The van der Waals surface area contributed by atoms with Gasteiger partial charge in [0, 0.05) is 13.8 Å². The van der Waals surface area contributed by atoms with Gasteiger partial charge in [0.25, 0.3) is 0 Å². The van der Waals surface area contributed by atoms with Crippen molar-refractivity contribution in [2.24, 2.45) is 0 Å². The summed E-state index contributed by atoms with van der Waals surface area (Å²) in [6.07, 6.45) is 0. The fourth-order valence-corrected chi connectivity index (χ4v) is 3.10. The van der Waals surface area contributed by atoms with Gasteiger partial charge in [-0.3, -0.25) is 0 Å². The van der Waals surface area contributed by atoms with E-state index in [4.69, 9.17) is 0 Å². The van der Waals surface area contributed by atoms with E-state index in [1.165, 1.54) is 19.4 Å². The Hall–Kier alpha value is 0.530. The van der Waals surface area contributed by atoms with Gasteiger partial charge >= 0.3 is 0 Å². The summed E-state index contributed by atoms with van der Waals surface area (Å²) in [7, 11) is 0. The molecule has 0 amide bonds. The summed E-state index contributed by atoms with van der Waals surface area (Å²) in [6, 6.07) is 4.32. The molecule has 1 rings (SSSR count). The lowest BCUT2D eigenvalue weighted by Gasteiger charge is -2.04. The van der Waals surface area contributed by atoms with Crippen molar-refractivity contribution in [2.75, 3.05) is 5.75 Å².